The Morgan fingerprint density at radius 3 is 2.87 bits per heavy atom. The smallest absolute Gasteiger partial charge is 0.0999 e. The second-order valence-electron chi connectivity index (χ2n) is 4.18. The van der Waals surface area contributed by atoms with Crippen LogP contribution in [-0.2, 0) is 6.54 Å². The van der Waals surface area contributed by atoms with Crippen LogP contribution in [-0.4, -0.2) is 14.9 Å². The minimum Gasteiger partial charge on any atom is -0.386 e. The van der Waals surface area contributed by atoms with Gasteiger partial charge in [0.15, 0.2) is 0 Å². The van der Waals surface area contributed by atoms with Crippen molar-refractivity contribution in [2.24, 2.45) is 5.92 Å². The topological polar surface area (TPSA) is 38.0 Å². The lowest BCUT2D eigenvalue weighted by Gasteiger charge is -2.19. The molecule has 1 aromatic heterocycles. The van der Waals surface area contributed by atoms with Gasteiger partial charge in [0.25, 0.3) is 0 Å². The lowest BCUT2D eigenvalue weighted by molar-refractivity contribution is 0.102. The largest absolute Gasteiger partial charge is 0.386 e. The molecule has 4 heteroatoms. The molecule has 1 unspecified atom stereocenters. The lowest BCUT2D eigenvalue weighted by Crippen LogP contribution is -2.15. The van der Waals surface area contributed by atoms with Crippen LogP contribution in [0, 0.1) is 5.92 Å². The van der Waals surface area contributed by atoms with Crippen molar-refractivity contribution in [3.63, 3.8) is 0 Å². The van der Waals surface area contributed by atoms with Crippen LogP contribution in [0.1, 0.15) is 44.4 Å². The Bertz CT molecular complexity index is 331. The van der Waals surface area contributed by atoms with E-state index >= 15 is 0 Å². The average Bonchev–Trinajstić information content (AvgIpc) is 2.85. The maximum absolute atomic E-state index is 10.3. The summed E-state index contributed by atoms with van der Waals surface area (Å²) in [6.45, 7) is 2.76. The summed E-state index contributed by atoms with van der Waals surface area (Å²) in [7, 11) is 0. The van der Waals surface area contributed by atoms with E-state index in [0.29, 0.717) is 10.9 Å². The van der Waals surface area contributed by atoms with Crippen molar-refractivity contribution in [2.45, 2.75) is 45.3 Å². The molecule has 0 aliphatic heterocycles. The monoisotopic (exact) mass is 228 g/mol. The third kappa shape index (κ3) is 2.04. The Labute approximate surface area is 95.0 Å². The van der Waals surface area contributed by atoms with E-state index in [1.807, 2.05) is 6.92 Å². The molecule has 0 saturated heterocycles. The van der Waals surface area contributed by atoms with Gasteiger partial charge in [-0.15, -0.1) is 0 Å². The number of aryl methyl sites for hydroxylation is 1. The lowest BCUT2D eigenvalue weighted by atomic mass is 9.98. The van der Waals surface area contributed by atoms with Crippen LogP contribution in [0.25, 0.3) is 0 Å². The Kier molecular flexibility index (Phi) is 3.32. The molecule has 1 atom stereocenters. The molecule has 1 fully saturated rings. The molecular weight excluding hydrogens is 212 g/mol. The van der Waals surface area contributed by atoms with Gasteiger partial charge in [-0.25, -0.2) is 0 Å². The SMILES string of the molecule is CCn1ncc(Cl)c1C(O)C1CCCC1. The van der Waals surface area contributed by atoms with E-state index in [2.05, 4.69) is 5.10 Å². The molecule has 3 nitrogen and oxygen atoms in total. The average molecular weight is 229 g/mol. The molecule has 1 aliphatic carbocycles. The van der Waals surface area contributed by atoms with Gasteiger partial charge in [-0.2, -0.15) is 5.10 Å². The van der Waals surface area contributed by atoms with Gasteiger partial charge in [-0.1, -0.05) is 24.4 Å². The molecule has 0 spiro atoms. The second kappa shape index (κ2) is 4.54. The Morgan fingerprint density at radius 2 is 2.27 bits per heavy atom. The fourth-order valence-electron chi connectivity index (χ4n) is 2.41. The van der Waals surface area contributed by atoms with Crippen LogP contribution in [0.3, 0.4) is 0 Å². The molecule has 15 heavy (non-hydrogen) atoms. The van der Waals surface area contributed by atoms with Gasteiger partial charge in [-0.3, -0.25) is 4.68 Å². The van der Waals surface area contributed by atoms with Crippen molar-refractivity contribution >= 4 is 11.6 Å². The summed E-state index contributed by atoms with van der Waals surface area (Å²) in [6, 6.07) is 0. The van der Waals surface area contributed by atoms with Gasteiger partial charge in [0.2, 0.25) is 0 Å². The summed E-state index contributed by atoms with van der Waals surface area (Å²) in [5, 5.41) is 15.0. The zero-order chi connectivity index (χ0) is 10.8. The number of nitrogens with zero attached hydrogens (tertiary/aromatic N) is 2. The van der Waals surface area contributed by atoms with Crippen LogP contribution >= 0.6 is 11.6 Å². The normalized spacial score (nSPS) is 19.7. The third-order valence-electron chi connectivity index (χ3n) is 3.26. The summed E-state index contributed by atoms with van der Waals surface area (Å²) in [5.74, 6) is 0.365. The van der Waals surface area contributed by atoms with Crippen molar-refractivity contribution in [2.75, 3.05) is 0 Å². The Morgan fingerprint density at radius 1 is 1.60 bits per heavy atom. The van der Waals surface area contributed by atoms with Gasteiger partial charge in [0.05, 0.1) is 23.0 Å². The van der Waals surface area contributed by atoms with Gasteiger partial charge in [0.1, 0.15) is 0 Å². The molecule has 2 rings (SSSR count). The summed E-state index contributed by atoms with van der Waals surface area (Å²) in [4.78, 5) is 0. The molecule has 1 aliphatic rings. The van der Waals surface area contributed by atoms with Crippen molar-refractivity contribution in [3.8, 4) is 0 Å². The van der Waals surface area contributed by atoms with Crippen molar-refractivity contribution in [3.05, 3.63) is 16.9 Å². The third-order valence-corrected chi connectivity index (χ3v) is 3.55. The van der Waals surface area contributed by atoms with Crippen LogP contribution < -0.4 is 0 Å². The highest BCUT2D eigenvalue weighted by Gasteiger charge is 2.28. The predicted octanol–water partition coefficient (Wildman–Crippen LogP) is 2.78. The van der Waals surface area contributed by atoms with Crippen molar-refractivity contribution < 1.29 is 5.11 Å². The van der Waals surface area contributed by atoms with E-state index in [-0.39, 0.29) is 0 Å². The first-order chi connectivity index (χ1) is 7.24. The molecule has 0 aromatic carbocycles. The first kappa shape index (κ1) is 11.0. The summed E-state index contributed by atoms with van der Waals surface area (Å²) < 4.78 is 1.80. The van der Waals surface area contributed by atoms with Crippen LogP contribution in [0.2, 0.25) is 5.02 Å². The molecule has 0 amide bonds. The van der Waals surface area contributed by atoms with E-state index in [1.54, 1.807) is 10.9 Å². The number of aromatic nitrogens is 2. The number of aliphatic hydroxyl groups is 1. The number of halogens is 1. The fraction of sp³-hybridized carbons (Fsp3) is 0.727. The van der Waals surface area contributed by atoms with E-state index in [9.17, 15) is 5.11 Å². The highest BCUT2D eigenvalue weighted by atomic mass is 35.5. The van der Waals surface area contributed by atoms with E-state index < -0.39 is 6.10 Å². The summed E-state index contributed by atoms with van der Waals surface area (Å²) in [5.41, 5.74) is 0.797. The molecule has 84 valence electrons. The summed E-state index contributed by atoms with van der Waals surface area (Å²) >= 11 is 6.05. The molecular formula is C11H17ClN2O. The van der Waals surface area contributed by atoms with Crippen molar-refractivity contribution in [1.82, 2.24) is 9.78 Å². The molecule has 1 saturated carbocycles. The number of hydrogen-bond donors (Lipinski definition) is 1. The first-order valence-corrected chi connectivity index (χ1v) is 6.01. The van der Waals surface area contributed by atoms with Gasteiger partial charge < -0.3 is 5.11 Å². The fourth-order valence-corrected chi connectivity index (χ4v) is 2.67. The maximum atomic E-state index is 10.3. The predicted molar refractivity (Wildman–Crippen MR) is 59.8 cm³/mol. The molecule has 0 bridgehead atoms. The van der Waals surface area contributed by atoms with Crippen LogP contribution in [0.15, 0.2) is 6.20 Å². The highest BCUT2D eigenvalue weighted by molar-refractivity contribution is 6.31. The van der Waals surface area contributed by atoms with Gasteiger partial charge in [0, 0.05) is 6.54 Å². The highest BCUT2D eigenvalue weighted by Crippen LogP contribution is 2.37. The molecule has 1 heterocycles. The molecule has 0 radical (unpaired) electrons. The standard InChI is InChI=1S/C11H17ClN2O/c1-2-14-10(9(12)7-13-14)11(15)8-5-3-4-6-8/h7-8,11,15H,2-6H2,1H3. The molecule has 1 aromatic rings. The van der Waals surface area contributed by atoms with Crippen molar-refractivity contribution in [1.29, 1.82) is 0 Å². The molecule has 1 N–H and O–H groups in total. The van der Waals surface area contributed by atoms with Gasteiger partial charge >= 0.3 is 0 Å². The van der Waals surface area contributed by atoms with Gasteiger partial charge in [-0.05, 0) is 25.7 Å². The Hall–Kier alpha value is -0.540. The number of aliphatic hydroxyl groups excluding tert-OH is 1. The number of hydrogen-bond acceptors (Lipinski definition) is 2. The minimum atomic E-state index is -0.442. The zero-order valence-corrected chi connectivity index (χ0v) is 9.74. The number of rotatable bonds is 3. The van der Waals surface area contributed by atoms with E-state index in [0.717, 1.165) is 25.1 Å². The van der Waals surface area contributed by atoms with E-state index in [1.165, 1.54) is 12.8 Å². The zero-order valence-electron chi connectivity index (χ0n) is 8.99. The van der Waals surface area contributed by atoms with Crippen LogP contribution in [0.4, 0.5) is 0 Å². The minimum absolute atomic E-state index is 0.365. The van der Waals surface area contributed by atoms with Crippen LogP contribution in [0.5, 0.6) is 0 Å². The van der Waals surface area contributed by atoms with E-state index in [4.69, 9.17) is 11.6 Å². The quantitative estimate of drug-likeness (QED) is 0.864. The second-order valence-corrected chi connectivity index (χ2v) is 4.59. The first-order valence-electron chi connectivity index (χ1n) is 5.63. The maximum Gasteiger partial charge on any atom is 0.0999 e. The Balaban J connectivity index is 2.22. The summed E-state index contributed by atoms with van der Waals surface area (Å²) in [6.07, 6.45) is 5.83.